The fourth-order valence-electron chi connectivity index (χ4n) is 2.94. The minimum Gasteiger partial charge on any atom is -0.394 e. The molecule has 128 valence electrons. The van der Waals surface area contributed by atoms with Crippen molar-refractivity contribution in [2.45, 2.75) is 12.6 Å². The predicted octanol–water partition coefficient (Wildman–Crippen LogP) is 2.49. The van der Waals surface area contributed by atoms with E-state index in [1.54, 1.807) is 6.07 Å². The molecule has 0 spiro atoms. The molecule has 1 aliphatic rings. The SMILES string of the molecule is OCC(NCc1ccc(N2CCOCC2)c(F)c1)c1ccccc1. The van der Waals surface area contributed by atoms with E-state index in [4.69, 9.17) is 4.74 Å². The van der Waals surface area contributed by atoms with Crippen LogP contribution in [0.25, 0.3) is 0 Å². The largest absolute Gasteiger partial charge is 0.394 e. The van der Waals surface area contributed by atoms with Crippen LogP contribution >= 0.6 is 0 Å². The molecule has 1 fully saturated rings. The lowest BCUT2D eigenvalue weighted by molar-refractivity contribution is 0.122. The Kier molecular flexibility index (Phi) is 5.80. The third kappa shape index (κ3) is 4.12. The van der Waals surface area contributed by atoms with Crippen LogP contribution in [0.15, 0.2) is 48.5 Å². The third-order valence-corrected chi connectivity index (χ3v) is 4.30. The lowest BCUT2D eigenvalue weighted by Crippen LogP contribution is -2.36. The van der Waals surface area contributed by atoms with Gasteiger partial charge in [0, 0.05) is 19.6 Å². The van der Waals surface area contributed by atoms with E-state index in [1.165, 1.54) is 0 Å². The number of hydrogen-bond donors (Lipinski definition) is 2. The van der Waals surface area contributed by atoms with Gasteiger partial charge in [0.15, 0.2) is 0 Å². The van der Waals surface area contributed by atoms with E-state index < -0.39 is 0 Å². The van der Waals surface area contributed by atoms with Gasteiger partial charge in [0.25, 0.3) is 0 Å². The van der Waals surface area contributed by atoms with Crippen molar-refractivity contribution in [2.75, 3.05) is 37.8 Å². The predicted molar refractivity (Wildman–Crippen MR) is 92.5 cm³/mol. The molecule has 0 bridgehead atoms. The van der Waals surface area contributed by atoms with Crippen molar-refractivity contribution in [2.24, 2.45) is 0 Å². The summed E-state index contributed by atoms with van der Waals surface area (Å²) in [6.45, 7) is 3.21. The molecule has 24 heavy (non-hydrogen) atoms. The van der Waals surface area contributed by atoms with Gasteiger partial charge >= 0.3 is 0 Å². The van der Waals surface area contributed by atoms with E-state index >= 15 is 0 Å². The molecule has 0 aliphatic carbocycles. The minimum absolute atomic E-state index is 0.00163. The average Bonchev–Trinajstić information content (AvgIpc) is 2.64. The van der Waals surface area contributed by atoms with Gasteiger partial charge < -0.3 is 20.1 Å². The summed E-state index contributed by atoms with van der Waals surface area (Å²) in [5, 5.41) is 12.8. The number of nitrogens with one attached hydrogen (secondary N) is 1. The molecule has 1 heterocycles. The molecule has 1 unspecified atom stereocenters. The fourth-order valence-corrected chi connectivity index (χ4v) is 2.94. The molecule has 5 heteroatoms. The number of hydrogen-bond acceptors (Lipinski definition) is 4. The number of aliphatic hydroxyl groups excluding tert-OH is 1. The zero-order valence-corrected chi connectivity index (χ0v) is 13.6. The molecule has 4 nitrogen and oxygen atoms in total. The van der Waals surface area contributed by atoms with E-state index in [9.17, 15) is 9.50 Å². The summed E-state index contributed by atoms with van der Waals surface area (Å²) in [6, 6.07) is 14.9. The van der Waals surface area contributed by atoms with Crippen LogP contribution in [0.1, 0.15) is 17.2 Å². The first-order valence-electron chi connectivity index (χ1n) is 8.28. The quantitative estimate of drug-likeness (QED) is 0.854. The van der Waals surface area contributed by atoms with E-state index in [0.717, 1.165) is 24.2 Å². The van der Waals surface area contributed by atoms with Gasteiger partial charge in [-0.2, -0.15) is 0 Å². The second-order valence-electron chi connectivity index (χ2n) is 5.91. The number of ether oxygens (including phenoxy) is 1. The van der Waals surface area contributed by atoms with Crippen LogP contribution in [-0.2, 0) is 11.3 Å². The van der Waals surface area contributed by atoms with Crippen molar-refractivity contribution in [1.82, 2.24) is 5.32 Å². The van der Waals surface area contributed by atoms with Crippen molar-refractivity contribution < 1.29 is 14.2 Å². The Hall–Kier alpha value is -1.95. The maximum absolute atomic E-state index is 14.4. The maximum atomic E-state index is 14.4. The van der Waals surface area contributed by atoms with Gasteiger partial charge in [-0.3, -0.25) is 0 Å². The Morgan fingerprint density at radius 2 is 1.88 bits per heavy atom. The highest BCUT2D eigenvalue weighted by molar-refractivity contribution is 5.49. The van der Waals surface area contributed by atoms with Gasteiger partial charge in [-0.15, -0.1) is 0 Å². The molecule has 0 saturated carbocycles. The highest BCUT2D eigenvalue weighted by Gasteiger charge is 2.16. The van der Waals surface area contributed by atoms with E-state index in [1.807, 2.05) is 47.4 Å². The summed E-state index contributed by atoms with van der Waals surface area (Å²) in [5.41, 5.74) is 2.51. The zero-order chi connectivity index (χ0) is 16.8. The lowest BCUT2D eigenvalue weighted by Gasteiger charge is -2.29. The van der Waals surface area contributed by atoms with Gasteiger partial charge in [-0.25, -0.2) is 4.39 Å². The Balaban J connectivity index is 1.64. The normalized spacial score (nSPS) is 16.2. The molecule has 0 aromatic heterocycles. The van der Waals surface area contributed by atoms with Gasteiger partial charge in [0.1, 0.15) is 5.82 Å². The summed E-state index contributed by atoms with van der Waals surface area (Å²) >= 11 is 0. The average molecular weight is 330 g/mol. The monoisotopic (exact) mass is 330 g/mol. The molecule has 3 rings (SSSR count). The first-order valence-corrected chi connectivity index (χ1v) is 8.28. The van der Waals surface area contributed by atoms with Crippen molar-refractivity contribution in [3.63, 3.8) is 0 Å². The molecule has 0 radical (unpaired) electrons. The lowest BCUT2D eigenvalue weighted by atomic mass is 10.1. The zero-order valence-electron chi connectivity index (χ0n) is 13.6. The number of aliphatic hydroxyl groups is 1. The van der Waals surface area contributed by atoms with Crippen molar-refractivity contribution in [1.29, 1.82) is 0 Å². The van der Waals surface area contributed by atoms with Gasteiger partial charge in [-0.05, 0) is 23.3 Å². The van der Waals surface area contributed by atoms with Crippen LogP contribution in [0.5, 0.6) is 0 Å². The second kappa shape index (κ2) is 8.24. The van der Waals surface area contributed by atoms with Crippen molar-refractivity contribution >= 4 is 5.69 Å². The molecule has 0 amide bonds. The smallest absolute Gasteiger partial charge is 0.146 e. The van der Waals surface area contributed by atoms with Crippen LogP contribution < -0.4 is 10.2 Å². The Labute approximate surface area is 141 Å². The minimum atomic E-state index is -0.212. The Morgan fingerprint density at radius 3 is 2.54 bits per heavy atom. The Morgan fingerprint density at radius 1 is 1.12 bits per heavy atom. The third-order valence-electron chi connectivity index (χ3n) is 4.30. The maximum Gasteiger partial charge on any atom is 0.146 e. The molecular weight excluding hydrogens is 307 g/mol. The Bertz CT molecular complexity index is 645. The van der Waals surface area contributed by atoms with Crippen LogP contribution in [-0.4, -0.2) is 38.0 Å². The summed E-state index contributed by atoms with van der Waals surface area (Å²) < 4.78 is 19.7. The van der Waals surface area contributed by atoms with E-state index in [-0.39, 0.29) is 18.5 Å². The molecular formula is C19H23FN2O2. The summed E-state index contributed by atoms with van der Waals surface area (Å²) in [4.78, 5) is 2.01. The van der Waals surface area contributed by atoms with Crippen LogP contribution in [0, 0.1) is 5.82 Å². The first-order chi connectivity index (χ1) is 11.8. The molecule has 2 N–H and O–H groups in total. The number of anilines is 1. The number of rotatable bonds is 6. The van der Waals surface area contributed by atoms with E-state index in [2.05, 4.69) is 5.32 Å². The molecule has 2 aromatic carbocycles. The molecule has 1 aliphatic heterocycles. The molecule has 1 atom stereocenters. The van der Waals surface area contributed by atoms with Crippen LogP contribution in [0.2, 0.25) is 0 Å². The first kappa shape index (κ1) is 16.9. The van der Waals surface area contributed by atoms with Gasteiger partial charge in [0.2, 0.25) is 0 Å². The van der Waals surface area contributed by atoms with Crippen molar-refractivity contribution in [3.05, 3.63) is 65.5 Å². The number of halogens is 1. The number of morpholine rings is 1. The summed E-state index contributed by atoms with van der Waals surface area (Å²) in [7, 11) is 0. The molecule has 2 aromatic rings. The number of benzene rings is 2. The molecule has 1 saturated heterocycles. The number of nitrogens with zero attached hydrogens (tertiary/aromatic N) is 1. The summed E-state index contributed by atoms with van der Waals surface area (Å²) in [5.74, 6) is -0.212. The highest BCUT2D eigenvalue weighted by atomic mass is 19.1. The fraction of sp³-hybridized carbons (Fsp3) is 0.368. The topological polar surface area (TPSA) is 44.7 Å². The van der Waals surface area contributed by atoms with Crippen LogP contribution in [0.3, 0.4) is 0 Å². The van der Waals surface area contributed by atoms with Crippen LogP contribution in [0.4, 0.5) is 10.1 Å². The van der Waals surface area contributed by atoms with E-state index in [0.29, 0.717) is 25.4 Å². The van der Waals surface area contributed by atoms with Crippen molar-refractivity contribution in [3.8, 4) is 0 Å². The standard InChI is InChI=1S/C19H23FN2O2/c20-17-12-15(6-7-19(17)22-8-10-24-11-9-22)13-21-18(14-23)16-4-2-1-3-5-16/h1-7,12,18,21,23H,8-11,13-14H2. The second-order valence-corrected chi connectivity index (χ2v) is 5.91. The highest BCUT2D eigenvalue weighted by Crippen LogP contribution is 2.22. The summed E-state index contributed by atoms with van der Waals surface area (Å²) in [6.07, 6.45) is 0. The van der Waals surface area contributed by atoms with Gasteiger partial charge in [-0.1, -0.05) is 36.4 Å². The van der Waals surface area contributed by atoms with Gasteiger partial charge in [0.05, 0.1) is 31.5 Å².